The number of nitrogens with zero attached hydrogens (tertiary/aromatic N) is 3. The van der Waals surface area contributed by atoms with Crippen LogP contribution in [0.1, 0.15) is 38.8 Å². The number of para-hydroxylation sites is 1. The van der Waals surface area contributed by atoms with Crippen LogP contribution in [0.4, 0.5) is 0 Å². The summed E-state index contributed by atoms with van der Waals surface area (Å²) in [5.41, 5.74) is 4.70. The molecule has 2 heterocycles. The summed E-state index contributed by atoms with van der Waals surface area (Å²) < 4.78 is 8.38. The lowest BCUT2D eigenvalue weighted by Crippen LogP contribution is -2.31. The first-order valence-corrected chi connectivity index (χ1v) is 13.1. The smallest absolute Gasteiger partial charge is 0.266 e. The Kier molecular flexibility index (Phi) is 7.77. The van der Waals surface area contributed by atoms with E-state index in [4.69, 9.17) is 22.1 Å². The molecule has 5 nitrogen and oxygen atoms in total. The van der Waals surface area contributed by atoms with Crippen molar-refractivity contribution in [1.82, 2.24) is 14.7 Å². The van der Waals surface area contributed by atoms with Gasteiger partial charge >= 0.3 is 0 Å². The van der Waals surface area contributed by atoms with Gasteiger partial charge in [-0.15, -0.1) is 0 Å². The molecule has 0 radical (unpaired) electrons. The number of thioether (sulfide) groups is 1. The fraction of sp³-hybridized carbons (Fsp3) is 0.321. The Hall–Kier alpha value is -2.90. The normalized spacial score (nSPS) is 15.2. The molecule has 0 N–H and O–H groups in total. The highest BCUT2D eigenvalue weighted by Gasteiger charge is 2.32. The predicted molar refractivity (Wildman–Crippen MR) is 149 cm³/mol. The maximum absolute atomic E-state index is 13.1. The molecule has 0 unspecified atom stereocenters. The summed E-state index contributed by atoms with van der Waals surface area (Å²) >= 11 is 6.86. The third kappa shape index (κ3) is 5.85. The molecule has 0 aliphatic carbocycles. The molecule has 0 spiro atoms. The molecule has 0 bridgehead atoms. The van der Waals surface area contributed by atoms with Gasteiger partial charge in [0.1, 0.15) is 15.8 Å². The van der Waals surface area contributed by atoms with E-state index in [0.29, 0.717) is 34.2 Å². The molecule has 1 amide bonds. The Morgan fingerprint density at radius 1 is 1.09 bits per heavy atom. The summed E-state index contributed by atoms with van der Waals surface area (Å²) in [6, 6.07) is 16.1. The van der Waals surface area contributed by atoms with Crippen LogP contribution in [0.25, 0.3) is 23.0 Å². The van der Waals surface area contributed by atoms with E-state index >= 15 is 0 Å². The van der Waals surface area contributed by atoms with Gasteiger partial charge in [0.2, 0.25) is 0 Å². The van der Waals surface area contributed by atoms with Crippen LogP contribution in [0.2, 0.25) is 0 Å². The number of amides is 1. The van der Waals surface area contributed by atoms with Crippen LogP contribution in [0, 0.1) is 18.8 Å². The van der Waals surface area contributed by atoms with Crippen LogP contribution in [-0.2, 0) is 4.79 Å². The van der Waals surface area contributed by atoms with Crippen LogP contribution in [0.5, 0.6) is 5.75 Å². The van der Waals surface area contributed by atoms with Gasteiger partial charge in [-0.25, -0.2) is 4.68 Å². The zero-order valence-electron chi connectivity index (χ0n) is 20.8. The molecular weight excluding hydrogens is 474 g/mol. The van der Waals surface area contributed by atoms with Gasteiger partial charge < -0.3 is 4.74 Å². The van der Waals surface area contributed by atoms with Crippen LogP contribution in [0.15, 0.2) is 59.6 Å². The van der Waals surface area contributed by atoms with Crippen molar-refractivity contribution in [2.75, 3.05) is 13.2 Å². The van der Waals surface area contributed by atoms with Gasteiger partial charge in [0.25, 0.3) is 5.91 Å². The average molecular weight is 506 g/mol. The first-order valence-electron chi connectivity index (χ1n) is 11.9. The second kappa shape index (κ2) is 10.8. The van der Waals surface area contributed by atoms with Crippen molar-refractivity contribution in [3.63, 3.8) is 0 Å². The average Bonchev–Trinajstić information content (AvgIpc) is 3.34. The number of rotatable bonds is 8. The number of hydrogen-bond acceptors (Lipinski definition) is 5. The third-order valence-corrected chi connectivity index (χ3v) is 6.89. The van der Waals surface area contributed by atoms with Crippen LogP contribution < -0.4 is 4.74 Å². The number of thiocarbonyl (C=S) groups is 1. The zero-order valence-corrected chi connectivity index (χ0v) is 22.5. The molecule has 7 heteroatoms. The number of aryl methyl sites for hydroxylation is 1. The first kappa shape index (κ1) is 25.2. The molecule has 1 aliphatic rings. The van der Waals surface area contributed by atoms with E-state index in [1.165, 1.54) is 11.8 Å². The van der Waals surface area contributed by atoms with Gasteiger partial charge in [-0.05, 0) is 60.7 Å². The van der Waals surface area contributed by atoms with Crippen molar-refractivity contribution < 1.29 is 9.53 Å². The fourth-order valence-electron chi connectivity index (χ4n) is 3.83. The summed E-state index contributed by atoms with van der Waals surface area (Å²) in [7, 11) is 0. The number of ether oxygens (including phenoxy) is 1. The summed E-state index contributed by atoms with van der Waals surface area (Å²) in [4.78, 5) is 15.4. The van der Waals surface area contributed by atoms with Crippen molar-refractivity contribution in [2.24, 2.45) is 11.8 Å². The van der Waals surface area contributed by atoms with Gasteiger partial charge in [-0.2, -0.15) is 5.10 Å². The minimum atomic E-state index is -0.0405. The monoisotopic (exact) mass is 505 g/mol. The predicted octanol–water partition coefficient (Wildman–Crippen LogP) is 6.74. The highest BCUT2D eigenvalue weighted by atomic mass is 32.2. The van der Waals surface area contributed by atoms with Crippen molar-refractivity contribution in [3.05, 3.63) is 70.8 Å². The number of carbonyl (C=O) groups is 1. The second-order valence-electron chi connectivity index (χ2n) is 9.58. The maximum atomic E-state index is 13.1. The van der Waals surface area contributed by atoms with E-state index in [1.54, 1.807) is 4.90 Å². The van der Waals surface area contributed by atoms with Crippen molar-refractivity contribution >= 4 is 40.3 Å². The van der Waals surface area contributed by atoms with Crippen molar-refractivity contribution in [3.8, 4) is 22.7 Å². The quantitative estimate of drug-likeness (QED) is 0.251. The number of benzene rings is 2. The Morgan fingerprint density at radius 2 is 1.83 bits per heavy atom. The lowest BCUT2D eigenvalue weighted by Gasteiger charge is -2.16. The molecule has 2 aromatic carbocycles. The molecule has 1 saturated heterocycles. The highest BCUT2D eigenvalue weighted by molar-refractivity contribution is 8.26. The number of aromatic nitrogens is 2. The van der Waals surface area contributed by atoms with E-state index in [-0.39, 0.29) is 5.91 Å². The summed E-state index contributed by atoms with van der Waals surface area (Å²) in [6.45, 7) is 11.8. The Labute approximate surface area is 217 Å². The van der Waals surface area contributed by atoms with Gasteiger partial charge in [-0.1, -0.05) is 69.9 Å². The molecule has 1 aliphatic heterocycles. The highest BCUT2D eigenvalue weighted by Crippen LogP contribution is 2.36. The SMILES string of the molecule is Cc1cc(OCC(C)C)ccc1-c1nn(-c2ccccc2)cc1C=C1SC(=S)N(CC(C)C)C1=O. The third-order valence-electron chi connectivity index (χ3n) is 5.51. The van der Waals surface area contributed by atoms with E-state index < -0.39 is 0 Å². The fourth-order valence-corrected chi connectivity index (χ4v) is 5.10. The van der Waals surface area contributed by atoms with E-state index in [1.807, 2.05) is 65.5 Å². The standard InChI is InChI=1S/C28H31N3O2S2/c1-18(2)15-30-27(32)25(35-28(30)34)14-21-16-31(22-9-7-6-8-10-22)29-26(21)24-12-11-23(13-20(24)5)33-17-19(3)4/h6-14,16,18-19H,15,17H2,1-5H3. The van der Waals surface area contributed by atoms with Crippen LogP contribution in [0.3, 0.4) is 0 Å². The lowest BCUT2D eigenvalue weighted by molar-refractivity contribution is -0.122. The molecule has 0 atom stereocenters. The molecular formula is C28H31N3O2S2. The van der Waals surface area contributed by atoms with E-state index in [2.05, 4.69) is 34.6 Å². The molecule has 35 heavy (non-hydrogen) atoms. The maximum Gasteiger partial charge on any atom is 0.266 e. The summed E-state index contributed by atoms with van der Waals surface area (Å²) in [5, 5.41) is 4.93. The van der Waals surface area contributed by atoms with Gasteiger partial charge in [0, 0.05) is 23.9 Å². The Balaban J connectivity index is 1.75. The Morgan fingerprint density at radius 3 is 2.49 bits per heavy atom. The van der Waals surface area contributed by atoms with Crippen LogP contribution >= 0.6 is 24.0 Å². The minimum absolute atomic E-state index is 0.0405. The summed E-state index contributed by atoms with van der Waals surface area (Å²) in [5.74, 6) is 1.60. The zero-order chi connectivity index (χ0) is 25.1. The number of hydrogen-bond donors (Lipinski definition) is 0. The lowest BCUT2D eigenvalue weighted by atomic mass is 10.0. The Bertz CT molecular complexity index is 1260. The molecule has 1 aromatic heterocycles. The van der Waals surface area contributed by atoms with Gasteiger partial charge in [-0.3, -0.25) is 9.69 Å². The van der Waals surface area contributed by atoms with Crippen molar-refractivity contribution in [2.45, 2.75) is 34.6 Å². The molecule has 4 rings (SSSR count). The molecule has 1 fully saturated rings. The first-order chi connectivity index (χ1) is 16.7. The van der Waals surface area contributed by atoms with Crippen LogP contribution in [-0.4, -0.2) is 38.1 Å². The largest absolute Gasteiger partial charge is 0.493 e. The molecule has 3 aromatic rings. The molecule has 182 valence electrons. The second-order valence-corrected chi connectivity index (χ2v) is 11.3. The van der Waals surface area contributed by atoms with Crippen molar-refractivity contribution in [1.29, 1.82) is 0 Å². The number of carbonyl (C=O) groups excluding carboxylic acids is 1. The minimum Gasteiger partial charge on any atom is -0.493 e. The molecule has 0 saturated carbocycles. The van der Waals surface area contributed by atoms with Gasteiger partial charge in [0.15, 0.2) is 0 Å². The van der Waals surface area contributed by atoms with Gasteiger partial charge in [0.05, 0.1) is 17.2 Å². The topological polar surface area (TPSA) is 47.4 Å². The summed E-state index contributed by atoms with van der Waals surface area (Å²) in [6.07, 6.45) is 3.90. The van der Waals surface area contributed by atoms with E-state index in [9.17, 15) is 4.79 Å². The van der Waals surface area contributed by atoms with E-state index in [0.717, 1.165) is 33.8 Å².